The first kappa shape index (κ1) is 15.2. The Balaban J connectivity index is 2.81. The summed E-state index contributed by atoms with van der Waals surface area (Å²) in [6, 6.07) is 8.53. The number of rotatable bonds is 6. The maximum atomic E-state index is 12.4. The molecule has 0 heterocycles. The number of alkyl halides is 3. The zero-order valence-corrected chi connectivity index (χ0v) is 10.1. The van der Waals surface area contributed by atoms with Crippen LogP contribution in [-0.4, -0.2) is 23.7 Å². The van der Waals surface area contributed by atoms with Gasteiger partial charge in [0.1, 0.15) is 0 Å². The van der Waals surface area contributed by atoms with Gasteiger partial charge in [0.05, 0.1) is 0 Å². The summed E-state index contributed by atoms with van der Waals surface area (Å²) >= 11 is 0. The van der Waals surface area contributed by atoms with Gasteiger partial charge >= 0.3 is 6.18 Å². The van der Waals surface area contributed by atoms with Crippen molar-refractivity contribution in [3.63, 3.8) is 0 Å². The quantitative estimate of drug-likeness (QED) is 0.783. The number of aliphatic hydroxyl groups is 1. The maximum absolute atomic E-state index is 12.4. The van der Waals surface area contributed by atoms with Gasteiger partial charge in [-0.3, -0.25) is 4.79 Å². The van der Waals surface area contributed by atoms with Crippen LogP contribution >= 0.6 is 0 Å². The second kappa shape index (κ2) is 6.94. The lowest BCUT2D eigenvalue weighted by Crippen LogP contribution is -2.25. The molecule has 0 aliphatic heterocycles. The number of allylic oxidation sites excluding steroid dienone is 1. The smallest absolute Gasteiger partial charge is 0.396 e. The third kappa shape index (κ3) is 5.13. The molecule has 0 amide bonds. The molecular weight excluding hydrogens is 259 g/mol. The van der Waals surface area contributed by atoms with E-state index >= 15 is 0 Å². The normalized spacial score (nSPS) is 12.3. The molecule has 0 saturated carbocycles. The van der Waals surface area contributed by atoms with E-state index in [1.54, 1.807) is 30.3 Å². The first-order chi connectivity index (χ1) is 8.95. The summed E-state index contributed by atoms with van der Waals surface area (Å²) in [6.45, 7) is -0.270. The molecule has 0 bridgehead atoms. The van der Waals surface area contributed by atoms with E-state index in [0.29, 0.717) is 5.69 Å². The third-order valence-electron chi connectivity index (χ3n) is 2.34. The molecule has 0 spiro atoms. The molecule has 3 nitrogen and oxygen atoms in total. The Kier molecular flexibility index (Phi) is 5.57. The number of halogens is 3. The minimum atomic E-state index is -4.90. The Bertz CT molecular complexity index is 441. The number of benzene rings is 1. The average Bonchev–Trinajstić information content (AvgIpc) is 2.38. The first-order valence-electron chi connectivity index (χ1n) is 5.68. The van der Waals surface area contributed by atoms with Gasteiger partial charge in [0.25, 0.3) is 5.78 Å². The highest BCUT2D eigenvalue weighted by Gasteiger charge is 2.40. The number of Topliss-reactive ketones (excluding diaryl/α,β-unsaturated/α-hetero) is 1. The molecule has 1 aromatic carbocycles. The van der Waals surface area contributed by atoms with Crippen LogP contribution in [0.15, 0.2) is 42.1 Å². The molecule has 0 atom stereocenters. The van der Waals surface area contributed by atoms with Crippen molar-refractivity contribution in [1.82, 2.24) is 0 Å². The topological polar surface area (TPSA) is 49.3 Å². The van der Waals surface area contributed by atoms with Gasteiger partial charge in [0, 0.05) is 24.1 Å². The van der Waals surface area contributed by atoms with Crippen molar-refractivity contribution in [3.05, 3.63) is 42.1 Å². The number of para-hydroxylation sites is 1. The molecule has 0 aliphatic rings. The molecule has 6 heteroatoms. The number of nitrogens with one attached hydrogen (secondary N) is 1. The van der Waals surface area contributed by atoms with Gasteiger partial charge in [-0.25, -0.2) is 0 Å². The summed E-state index contributed by atoms with van der Waals surface area (Å²) in [5.74, 6) is -1.88. The average molecular weight is 273 g/mol. The van der Waals surface area contributed by atoms with Crippen molar-refractivity contribution in [2.45, 2.75) is 19.0 Å². The van der Waals surface area contributed by atoms with Gasteiger partial charge < -0.3 is 10.4 Å². The van der Waals surface area contributed by atoms with Crippen LogP contribution in [0, 0.1) is 0 Å². The van der Waals surface area contributed by atoms with Crippen LogP contribution in [0.5, 0.6) is 0 Å². The second-order valence-corrected chi connectivity index (χ2v) is 3.83. The van der Waals surface area contributed by atoms with Crippen LogP contribution in [0.4, 0.5) is 18.9 Å². The molecular formula is C13H14F3NO2. The standard InChI is InChI=1S/C13H14F3NO2/c14-13(15,16)12(19)10(5-4-8-18)9-17-11-6-2-1-3-7-11/h1-3,6-7,9,17-18H,4-5,8H2. The summed E-state index contributed by atoms with van der Waals surface area (Å²) in [7, 11) is 0. The van der Waals surface area contributed by atoms with Crippen LogP contribution in [0.3, 0.4) is 0 Å². The summed E-state index contributed by atoms with van der Waals surface area (Å²) in [4.78, 5) is 11.2. The Hall–Kier alpha value is -1.82. The molecule has 0 fully saturated rings. The number of ketones is 1. The highest BCUT2D eigenvalue weighted by atomic mass is 19.4. The monoisotopic (exact) mass is 273 g/mol. The maximum Gasteiger partial charge on any atom is 0.454 e. The number of aliphatic hydroxyl groups excluding tert-OH is 1. The fraction of sp³-hybridized carbons (Fsp3) is 0.308. The lowest BCUT2D eigenvalue weighted by molar-refractivity contribution is -0.166. The lowest BCUT2D eigenvalue weighted by Gasteiger charge is -2.10. The van der Waals surface area contributed by atoms with Crippen LogP contribution in [0.1, 0.15) is 12.8 Å². The van der Waals surface area contributed by atoms with E-state index < -0.39 is 17.5 Å². The molecule has 0 radical (unpaired) electrons. The molecule has 0 aromatic heterocycles. The first-order valence-corrected chi connectivity index (χ1v) is 5.68. The van der Waals surface area contributed by atoms with Gasteiger partial charge in [-0.1, -0.05) is 18.2 Å². The van der Waals surface area contributed by atoms with Crippen molar-refractivity contribution in [1.29, 1.82) is 0 Å². The molecule has 1 rings (SSSR count). The summed E-state index contributed by atoms with van der Waals surface area (Å²) < 4.78 is 37.1. The fourth-order valence-corrected chi connectivity index (χ4v) is 1.41. The minimum Gasteiger partial charge on any atom is -0.396 e. The predicted octanol–water partition coefficient (Wildman–Crippen LogP) is 2.89. The van der Waals surface area contributed by atoms with Crippen molar-refractivity contribution < 1.29 is 23.1 Å². The number of carbonyl (C=O) groups excluding carboxylic acids is 1. The number of hydrogen-bond acceptors (Lipinski definition) is 3. The van der Waals surface area contributed by atoms with E-state index in [0.717, 1.165) is 6.20 Å². The molecule has 2 N–H and O–H groups in total. The summed E-state index contributed by atoms with van der Waals surface area (Å²) in [5.41, 5.74) is 0.185. The van der Waals surface area contributed by atoms with Gasteiger partial charge in [0.2, 0.25) is 0 Å². The van der Waals surface area contributed by atoms with Crippen molar-refractivity contribution in [2.75, 3.05) is 11.9 Å². The van der Waals surface area contributed by atoms with Crippen molar-refractivity contribution in [2.24, 2.45) is 0 Å². The Morgan fingerprint density at radius 3 is 2.42 bits per heavy atom. The van der Waals surface area contributed by atoms with Crippen LogP contribution in [0.2, 0.25) is 0 Å². The highest BCUT2D eigenvalue weighted by Crippen LogP contribution is 2.23. The van der Waals surface area contributed by atoms with E-state index in [4.69, 9.17) is 5.11 Å². The van der Waals surface area contributed by atoms with Gasteiger partial charge in [-0.15, -0.1) is 0 Å². The van der Waals surface area contributed by atoms with Crippen molar-refractivity contribution in [3.8, 4) is 0 Å². The molecule has 0 aliphatic carbocycles. The summed E-state index contributed by atoms with van der Waals surface area (Å²) in [5, 5.41) is 11.3. The van der Waals surface area contributed by atoms with E-state index in [2.05, 4.69) is 5.32 Å². The van der Waals surface area contributed by atoms with E-state index in [9.17, 15) is 18.0 Å². The van der Waals surface area contributed by atoms with Crippen LogP contribution < -0.4 is 5.32 Å². The number of hydrogen-bond donors (Lipinski definition) is 2. The van der Waals surface area contributed by atoms with Gasteiger partial charge in [-0.05, 0) is 25.0 Å². The van der Waals surface area contributed by atoms with Crippen molar-refractivity contribution >= 4 is 11.5 Å². The highest BCUT2D eigenvalue weighted by molar-refractivity contribution is 5.99. The number of carbonyl (C=O) groups is 1. The van der Waals surface area contributed by atoms with Crippen LogP contribution in [-0.2, 0) is 4.79 Å². The Morgan fingerprint density at radius 1 is 1.26 bits per heavy atom. The minimum absolute atomic E-state index is 0.101. The second-order valence-electron chi connectivity index (χ2n) is 3.83. The van der Waals surface area contributed by atoms with E-state index in [1.165, 1.54) is 0 Å². The fourth-order valence-electron chi connectivity index (χ4n) is 1.41. The largest absolute Gasteiger partial charge is 0.454 e. The Labute approximate surface area is 108 Å². The summed E-state index contributed by atoms with van der Waals surface area (Å²) in [6.07, 6.45) is -3.89. The molecule has 1 aromatic rings. The molecule has 0 unspecified atom stereocenters. The molecule has 19 heavy (non-hydrogen) atoms. The lowest BCUT2D eigenvalue weighted by atomic mass is 10.1. The zero-order chi connectivity index (χ0) is 14.3. The van der Waals surface area contributed by atoms with Gasteiger partial charge in [0.15, 0.2) is 0 Å². The predicted molar refractivity (Wildman–Crippen MR) is 65.5 cm³/mol. The zero-order valence-electron chi connectivity index (χ0n) is 10.1. The number of anilines is 1. The molecule has 104 valence electrons. The molecule has 0 saturated heterocycles. The van der Waals surface area contributed by atoms with Gasteiger partial charge in [-0.2, -0.15) is 13.2 Å². The Morgan fingerprint density at radius 2 is 1.89 bits per heavy atom. The third-order valence-corrected chi connectivity index (χ3v) is 2.34. The van der Waals surface area contributed by atoms with E-state index in [-0.39, 0.29) is 19.4 Å². The van der Waals surface area contributed by atoms with E-state index in [1.807, 2.05) is 0 Å². The SMILES string of the molecule is O=C(C(=CNc1ccccc1)CCCO)C(F)(F)F. The van der Waals surface area contributed by atoms with Crippen LogP contribution in [0.25, 0.3) is 0 Å².